The number of carbonyl (C=O) groups excluding carboxylic acids is 1. The summed E-state index contributed by atoms with van der Waals surface area (Å²) in [5.74, 6) is -1.42. The molecule has 0 heterocycles. The largest absolute Gasteiger partial charge is 0.503 e. The molecule has 5 nitrogen and oxygen atoms in total. The number of hydrogen-bond acceptors (Lipinski definition) is 3. The van der Waals surface area contributed by atoms with Gasteiger partial charge in [0.2, 0.25) is 5.83 Å². The van der Waals surface area contributed by atoms with Crippen molar-refractivity contribution in [3.63, 3.8) is 0 Å². The first-order valence-corrected chi connectivity index (χ1v) is 5.56. The second-order valence-corrected chi connectivity index (χ2v) is 5.05. The van der Waals surface area contributed by atoms with Crippen LogP contribution in [0, 0.1) is 11.3 Å². The quantitative estimate of drug-likeness (QED) is 0.603. The predicted octanol–water partition coefficient (Wildman–Crippen LogP) is 3.06. The fourth-order valence-electron chi connectivity index (χ4n) is 1.31. The number of esters is 1. The molecular weight excluding hydrogens is 243 g/mol. The summed E-state index contributed by atoms with van der Waals surface area (Å²) >= 11 is 0. The van der Waals surface area contributed by atoms with Gasteiger partial charge in [-0.3, -0.25) is 0 Å². The molecule has 1 saturated carbocycles. The van der Waals surface area contributed by atoms with E-state index in [0.29, 0.717) is 0 Å². The molecule has 0 radical (unpaired) electrons. The number of carbonyl (C=O) groups is 2. The van der Waals surface area contributed by atoms with Crippen LogP contribution in [0.15, 0.2) is 11.9 Å². The predicted molar refractivity (Wildman–Crippen MR) is 63.0 cm³/mol. The van der Waals surface area contributed by atoms with Gasteiger partial charge in [0.05, 0.1) is 6.10 Å². The first kappa shape index (κ1) is 16.4. The molecule has 0 saturated heterocycles. The van der Waals surface area contributed by atoms with Crippen molar-refractivity contribution in [1.29, 1.82) is 0 Å². The molecule has 2 N–H and O–H groups in total. The summed E-state index contributed by atoms with van der Waals surface area (Å²) in [6, 6.07) is 0. The molecule has 0 aromatic carbocycles. The van der Waals surface area contributed by atoms with Crippen molar-refractivity contribution < 1.29 is 28.9 Å². The average Bonchev–Trinajstić information content (AvgIpc) is 2.70. The molecular formula is C12H19FO5. The highest BCUT2D eigenvalue weighted by Crippen LogP contribution is 2.52. The van der Waals surface area contributed by atoms with Gasteiger partial charge < -0.3 is 14.9 Å². The minimum atomic E-state index is -1.83. The lowest BCUT2D eigenvalue weighted by atomic mass is 10.1. The Kier molecular flexibility index (Phi) is 5.81. The standard InChI is InChI=1S/C11H17FO2.CH2O3/c1-7(2)14-10(13)9(12)5-8-6-11(8,3)4;2-1(3)4/h5,7-8H,6H2,1-4H3;(H2,2,3,4). The van der Waals surface area contributed by atoms with E-state index in [0.717, 1.165) is 6.42 Å². The zero-order valence-corrected chi connectivity index (χ0v) is 10.9. The number of hydrogen-bond donors (Lipinski definition) is 2. The first-order valence-electron chi connectivity index (χ1n) is 5.56. The van der Waals surface area contributed by atoms with Crippen molar-refractivity contribution in [1.82, 2.24) is 0 Å². The average molecular weight is 262 g/mol. The summed E-state index contributed by atoms with van der Waals surface area (Å²) in [5.41, 5.74) is 0.148. The summed E-state index contributed by atoms with van der Waals surface area (Å²) in [6.45, 7) is 7.50. The van der Waals surface area contributed by atoms with Crippen LogP contribution in [0.25, 0.3) is 0 Å². The summed E-state index contributed by atoms with van der Waals surface area (Å²) in [5, 5.41) is 13.9. The number of carboxylic acid groups (broad SMARTS) is 2. The van der Waals surface area contributed by atoms with Gasteiger partial charge in [-0.25, -0.2) is 9.59 Å². The van der Waals surface area contributed by atoms with E-state index < -0.39 is 18.0 Å². The molecule has 1 atom stereocenters. The Morgan fingerprint density at radius 2 is 1.78 bits per heavy atom. The SMILES string of the molecule is CC(C)OC(=O)C(F)=CC1CC1(C)C.O=C(O)O. The smallest absolute Gasteiger partial charge is 0.458 e. The lowest BCUT2D eigenvalue weighted by Gasteiger charge is -2.05. The van der Waals surface area contributed by atoms with E-state index in [1.165, 1.54) is 6.08 Å². The van der Waals surface area contributed by atoms with Crippen LogP contribution in [-0.2, 0) is 9.53 Å². The van der Waals surface area contributed by atoms with Crippen molar-refractivity contribution in [2.45, 2.75) is 40.2 Å². The fraction of sp³-hybridized carbons (Fsp3) is 0.667. The van der Waals surface area contributed by atoms with Crippen molar-refractivity contribution in [2.75, 3.05) is 0 Å². The molecule has 104 valence electrons. The van der Waals surface area contributed by atoms with Gasteiger partial charge >= 0.3 is 12.1 Å². The molecule has 0 aromatic heterocycles. The van der Waals surface area contributed by atoms with E-state index in [-0.39, 0.29) is 17.4 Å². The lowest BCUT2D eigenvalue weighted by molar-refractivity contribution is -0.144. The van der Waals surface area contributed by atoms with Gasteiger partial charge in [0.1, 0.15) is 0 Å². The number of rotatable bonds is 3. The summed E-state index contributed by atoms with van der Waals surface area (Å²) in [7, 11) is 0. The number of allylic oxidation sites excluding steroid dienone is 1. The molecule has 18 heavy (non-hydrogen) atoms. The van der Waals surface area contributed by atoms with Crippen LogP contribution in [-0.4, -0.2) is 28.4 Å². The summed E-state index contributed by atoms with van der Waals surface area (Å²) in [6.07, 6.45) is 0.217. The third-order valence-corrected chi connectivity index (χ3v) is 2.47. The van der Waals surface area contributed by atoms with Crippen molar-refractivity contribution in [3.8, 4) is 0 Å². The Morgan fingerprint density at radius 3 is 2.06 bits per heavy atom. The van der Waals surface area contributed by atoms with Crippen LogP contribution in [0.2, 0.25) is 0 Å². The lowest BCUT2D eigenvalue weighted by Crippen LogP contribution is -2.11. The fourth-order valence-corrected chi connectivity index (χ4v) is 1.31. The van der Waals surface area contributed by atoms with E-state index >= 15 is 0 Å². The Balaban J connectivity index is 0.000000631. The molecule has 0 aliphatic heterocycles. The third-order valence-electron chi connectivity index (χ3n) is 2.47. The van der Waals surface area contributed by atoms with Crippen molar-refractivity contribution >= 4 is 12.1 Å². The Morgan fingerprint density at radius 1 is 1.39 bits per heavy atom. The van der Waals surface area contributed by atoms with E-state index in [1.807, 2.05) is 0 Å². The summed E-state index contributed by atoms with van der Waals surface area (Å²) < 4.78 is 17.9. The molecule has 0 amide bonds. The Labute approximate surface area is 105 Å². The summed E-state index contributed by atoms with van der Waals surface area (Å²) in [4.78, 5) is 19.6. The van der Waals surface area contributed by atoms with Gasteiger partial charge in [0.15, 0.2) is 0 Å². The van der Waals surface area contributed by atoms with Crippen LogP contribution in [0.5, 0.6) is 0 Å². The molecule has 1 rings (SSSR count). The minimum absolute atomic E-state index is 0.148. The van der Waals surface area contributed by atoms with Crippen LogP contribution in [0.1, 0.15) is 34.1 Å². The van der Waals surface area contributed by atoms with Gasteiger partial charge in [-0.05, 0) is 37.7 Å². The van der Waals surface area contributed by atoms with Gasteiger partial charge in [-0.1, -0.05) is 13.8 Å². The maximum atomic E-state index is 13.2. The highest BCUT2D eigenvalue weighted by molar-refractivity contribution is 5.86. The van der Waals surface area contributed by atoms with E-state index in [4.69, 9.17) is 19.7 Å². The number of halogens is 1. The van der Waals surface area contributed by atoms with Crippen LogP contribution in [0.4, 0.5) is 9.18 Å². The maximum Gasteiger partial charge on any atom is 0.503 e. The molecule has 0 bridgehead atoms. The van der Waals surface area contributed by atoms with Crippen LogP contribution < -0.4 is 0 Å². The van der Waals surface area contributed by atoms with E-state index in [9.17, 15) is 9.18 Å². The van der Waals surface area contributed by atoms with Crippen molar-refractivity contribution in [3.05, 3.63) is 11.9 Å². The minimum Gasteiger partial charge on any atom is -0.458 e. The number of ether oxygens (including phenoxy) is 1. The zero-order valence-electron chi connectivity index (χ0n) is 10.9. The monoisotopic (exact) mass is 262 g/mol. The molecule has 1 unspecified atom stereocenters. The second kappa shape index (κ2) is 6.37. The van der Waals surface area contributed by atoms with Crippen LogP contribution in [0.3, 0.4) is 0 Å². The third kappa shape index (κ3) is 6.88. The van der Waals surface area contributed by atoms with Gasteiger partial charge in [-0.2, -0.15) is 4.39 Å². The van der Waals surface area contributed by atoms with E-state index in [2.05, 4.69) is 13.8 Å². The van der Waals surface area contributed by atoms with Crippen LogP contribution >= 0.6 is 0 Å². The molecule has 0 aromatic rings. The molecule has 6 heteroatoms. The second-order valence-electron chi connectivity index (χ2n) is 5.05. The van der Waals surface area contributed by atoms with Crippen molar-refractivity contribution in [2.24, 2.45) is 11.3 Å². The van der Waals surface area contributed by atoms with Gasteiger partial charge in [0, 0.05) is 0 Å². The first-order chi connectivity index (χ1) is 8.06. The van der Waals surface area contributed by atoms with Gasteiger partial charge in [-0.15, -0.1) is 0 Å². The van der Waals surface area contributed by atoms with E-state index in [1.54, 1.807) is 13.8 Å². The maximum absolute atomic E-state index is 13.2. The molecule has 1 fully saturated rings. The van der Waals surface area contributed by atoms with Gasteiger partial charge in [0.25, 0.3) is 0 Å². The highest BCUT2D eigenvalue weighted by Gasteiger charge is 2.44. The molecule has 1 aliphatic carbocycles. The topological polar surface area (TPSA) is 83.8 Å². The Hall–Kier alpha value is -1.59. The molecule has 1 aliphatic rings. The normalized spacial score (nSPS) is 20.8. The zero-order chi connectivity index (χ0) is 14.5. The highest BCUT2D eigenvalue weighted by atomic mass is 19.1. The Bertz CT molecular complexity index is 342. The molecule has 0 spiro atoms.